The molecule has 0 spiro atoms. The molecular weight excluding hydrogens is 268 g/mol. The van der Waals surface area contributed by atoms with Gasteiger partial charge in [0.1, 0.15) is 0 Å². The second kappa shape index (κ2) is 5.37. The van der Waals surface area contributed by atoms with Crippen molar-refractivity contribution >= 4 is 17.1 Å². The lowest BCUT2D eigenvalue weighted by Crippen LogP contribution is -2.25. The first-order valence-electron chi connectivity index (χ1n) is 6.66. The van der Waals surface area contributed by atoms with Crippen LogP contribution < -0.4 is 17.0 Å². The first-order chi connectivity index (χ1) is 10.2. The fourth-order valence-corrected chi connectivity index (χ4v) is 2.24. The fourth-order valence-electron chi connectivity index (χ4n) is 2.24. The third-order valence-corrected chi connectivity index (χ3v) is 3.46. The molecule has 2 heterocycles. The van der Waals surface area contributed by atoms with Crippen molar-refractivity contribution in [3.63, 3.8) is 0 Å². The van der Waals surface area contributed by atoms with E-state index in [9.17, 15) is 4.79 Å². The van der Waals surface area contributed by atoms with Gasteiger partial charge in [0.05, 0.1) is 6.33 Å². The van der Waals surface area contributed by atoms with Gasteiger partial charge in [-0.15, -0.1) is 0 Å². The summed E-state index contributed by atoms with van der Waals surface area (Å²) in [7, 11) is 0. The number of aryl methyl sites for hydroxylation is 1. The maximum absolute atomic E-state index is 12.3. The van der Waals surface area contributed by atoms with Gasteiger partial charge in [-0.05, 0) is 17.5 Å². The van der Waals surface area contributed by atoms with Gasteiger partial charge in [-0.3, -0.25) is 9.36 Å². The maximum atomic E-state index is 12.3. The third-order valence-electron chi connectivity index (χ3n) is 3.46. The van der Waals surface area contributed by atoms with Crippen LogP contribution in [0.1, 0.15) is 11.1 Å². The Labute approximate surface area is 120 Å². The molecule has 2 aromatic heterocycles. The Morgan fingerprint density at radius 2 is 1.90 bits per heavy atom. The Morgan fingerprint density at radius 3 is 2.62 bits per heavy atom. The summed E-state index contributed by atoms with van der Waals surface area (Å²) in [5.74, 6) is 0.179. The highest BCUT2D eigenvalue weighted by atomic mass is 16.1. The number of aromatic nitrogens is 4. The van der Waals surface area contributed by atoms with Crippen LogP contribution in [0.25, 0.3) is 11.2 Å². The molecule has 0 atom stereocenters. The van der Waals surface area contributed by atoms with E-state index < -0.39 is 0 Å². The van der Waals surface area contributed by atoms with Crippen LogP contribution in [-0.4, -0.2) is 19.5 Å². The number of benzene rings is 1. The molecule has 5 N–H and O–H groups in total. The zero-order valence-electron chi connectivity index (χ0n) is 11.4. The highest BCUT2D eigenvalue weighted by molar-refractivity contribution is 5.69. The number of aromatic amines is 1. The molecule has 1 aromatic carbocycles. The van der Waals surface area contributed by atoms with Crippen molar-refractivity contribution in [1.82, 2.24) is 19.5 Å². The zero-order valence-corrected chi connectivity index (χ0v) is 11.4. The molecule has 0 saturated carbocycles. The van der Waals surface area contributed by atoms with E-state index in [1.807, 2.05) is 24.3 Å². The number of hydrogen-bond donors (Lipinski definition) is 3. The molecule has 0 unspecified atom stereocenters. The van der Waals surface area contributed by atoms with E-state index in [-0.39, 0.29) is 11.5 Å². The summed E-state index contributed by atoms with van der Waals surface area (Å²) in [6, 6.07) is 7.98. The van der Waals surface area contributed by atoms with Crippen LogP contribution in [-0.2, 0) is 19.5 Å². The van der Waals surface area contributed by atoms with Crippen LogP contribution in [0.3, 0.4) is 0 Å². The maximum Gasteiger partial charge on any atom is 0.280 e. The van der Waals surface area contributed by atoms with Gasteiger partial charge in [0.15, 0.2) is 11.2 Å². The second-order valence-corrected chi connectivity index (χ2v) is 4.80. The standard InChI is InChI=1S/C14H16N6O/c15-7-10-3-1-9(2-4-10)5-6-20-13(21)11-12(18-8-17-11)19-14(20)16/h1-4,8H,5-7,15H2,(H2,16,19)(H,17,18). The molecule has 0 aliphatic carbocycles. The van der Waals surface area contributed by atoms with Crippen LogP contribution in [0.2, 0.25) is 0 Å². The summed E-state index contributed by atoms with van der Waals surface area (Å²) in [6.07, 6.45) is 2.13. The molecule has 21 heavy (non-hydrogen) atoms. The van der Waals surface area contributed by atoms with E-state index in [2.05, 4.69) is 15.0 Å². The summed E-state index contributed by atoms with van der Waals surface area (Å²) in [5.41, 5.74) is 14.1. The predicted octanol–water partition coefficient (Wildman–Crippen LogP) is 0.403. The Morgan fingerprint density at radius 1 is 1.19 bits per heavy atom. The van der Waals surface area contributed by atoms with Crippen LogP contribution in [0, 0.1) is 0 Å². The topological polar surface area (TPSA) is 116 Å². The molecule has 0 saturated heterocycles. The molecular formula is C14H16N6O. The van der Waals surface area contributed by atoms with E-state index in [4.69, 9.17) is 11.5 Å². The van der Waals surface area contributed by atoms with Crippen LogP contribution in [0.15, 0.2) is 35.4 Å². The van der Waals surface area contributed by atoms with E-state index in [1.165, 1.54) is 10.9 Å². The molecule has 0 radical (unpaired) electrons. The van der Waals surface area contributed by atoms with Crippen molar-refractivity contribution in [2.24, 2.45) is 5.73 Å². The number of H-pyrrole nitrogens is 1. The molecule has 3 rings (SSSR count). The molecule has 7 nitrogen and oxygen atoms in total. The number of imidazole rings is 1. The van der Waals surface area contributed by atoms with Crippen molar-refractivity contribution < 1.29 is 0 Å². The monoisotopic (exact) mass is 284 g/mol. The van der Waals surface area contributed by atoms with E-state index in [1.54, 1.807) is 0 Å². The van der Waals surface area contributed by atoms with E-state index in [0.717, 1.165) is 11.1 Å². The SMILES string of the molecule is NCc1ccc(CCn2c(N)nc3nc[nH]c3c2=O)cc1. The first kappa shape index (κ1) is 13.3. The Hall–Kier alpha value is -2.67. The van der Waals surface area contributed by atoms with Gasteiger partial charge in [-0.25, -0.2) is 4.98 Å². The Balaban J connectivity index is 1.85. The minimum Gasteiger partial charge on any atom is -0.369 e. The van der Waals surface area contributed by atoms with Crippen LogP contribution in [0.4, 0.5) is 5.95 Å². The summed E-state index contributed by atoms with van der Waals surface area (Å²) in [6.45, 7) is 0.988. The highest BCUT2D eigenvalue weighted by Gasteiger charge is 2.10. The number of nitrogens with two attached hydrogens (primary N) is 2. The number of fused-ring (bicyclic) bond motifs is 1. The largest absolute Gasteiger partial charge is 0.369 e. The van der Waals surface area contributed by atoms with Crippen molar-refractivity contribution in [2.75, 3.05) is 5.73 Å². The smallest absolute Gasteiger partial charge is 0.280 e. The predicted molar refractivity (Wildman–Crippen MR) is 80.6 cm³/mol. The second-order valence-electron chi connectivity index (χ2n) is 4.80. The molecule has 3 aromatic rings. The quantitative estimate of drug-likeness (QED) is 0.641. The number of anilines is 1. The molecule has 0 fully saturated rings. The molecule has 0 bridgehead atoms. The third kappa shape index (κ3) is 2.50. The summed E-state index contributed by atoms with van der Waals surface area (Å²) in [4.78, 5) is 23.1. The average molecular weight is 284 g/mol. The summed E-state index contributed by atoms with van der Waals surface area (Å²) < 4.78 is 1.46. The molecule has 0 aliphatic heterocycles. The van der Waals surface area contributed by atoms with Gasteiger partial charge in [-0.1, -0.05) is 24.3 Å². The van der Waals surface area contributed by atoms with Gasteiger partial charge in [-0.2, -0.15) is 4.98 Å². The van der Waals surface area contributed by atoms with Gasteiger partial charge < -0.3 is 16.5 Å². The van der Waals surface area contributed by atoms with Crippen molar-refractivity contribution in [3.8, 4) is 0 Å². The molecule has 0 amide bonds. The van der Waals surface area contributed by atoms with Crippen LogP contribution in [0.5, 0.6) is 0 Å². The summed E-state index contributed by atoms with van der Waals surface area (Å²) in [5, 5.41) is 0. The van der Waals surface area contributed by atoms with Crippen molar-refractivity contribution in [2.45, 2.75) is 19.5 Å². The Bertz CT molecular complexity index is 818. The minimum absolute atomic E-state index is 0.179. The van der Waals surface area contributed by atoms with E-state index >= 15 is 0 Å². The highest BCUT2D eigenvalue weighted by Crippen LogP contribution is 2.08. The Kier molecular flexibility index (Phi) is 3.41. The van der Waals surface area contributed by atoms with Gasteiger partial charge >= 0.3 is 0 Å². The van der Waals surface area contributed by atoms with Gasteiger partial charge in [0.25, 0.3) is 5.56 Å². The number of hydrogen-bond acceptors (Lipinski definition) is 5. The normalized spacial score (nSPS) is 11.1. The lowest BCUT2D eigenvalue weighted by Gasteiger charge is -2.09. The molecule has 7 heteroatoms. The van der Waals surface area contributed by atoms with Gasteiger partial charge in [0, 0.05) is 13.1 Å². The zero-order chi connectivity index (χ0) is 14.8. The lowest BCUT2D eigenvalue weighted by atomic mass is 10.1. The number of nitrogen functional groups attached to an aromatic ring is 1. The number of nitrogens with one attached hydrogen (secondary N) is 1. The fraction of sp³-hybridized carbons (Fsp3) is 0.214. The molecule has 0 aliphatic rings. The lowest BCUT2D eigenvalue weighted by molar-refractivity contribution is 0.673. The van der Waals surface area contributed by atoms with E-state index in [0.29, 0.717) is 30.7 Å². The molecule has 108 valence electrons. The van der Waals surface area contributed by atoms with Crippen LogP contribution >= 0.6 is 0 Å². The van der Waals surface area contributed by atoms with Gasteiger partial charge in [0.2, 0.25) is 5.95 Å². The number of rotatable bonds is 4. The first-order valence-corrected chi connectivity index (χ1v) is 6.66. The summed E-state index contributed by atoms with van der Waals surface area (Å²) >= 11 is 0. The average Bonchev–Trinajstić information content (AvgIpc) is 2.96. The minimum atomic E-state index is -0.200. The van der Waals surface area contributed by atoms with Crippen molar-refractivity contribution in [1.29, 1.82) is 0 Å². The van der Waals surface area contributed by atoms with Crippen molar-refractivity contribution in [3.05, 3.63) is 52.1 Å². The number of nitrogens with zero attached hydrogens (tertiary/aromatic N) is 3.